The lowest BCUT2D eigenvalue weighted by molar-refractivity contribution is 0.0971. The smallest absolute Gasteiger partial charge is 0.295 e. The van der Waals surface area contributed by atoms with Crippen molar-refractivity contribution in [1.82, 2.24) is 0 Å². The van der Waals surface area contributed by atoms with Gasteiger partial charge >= 0.3 is 0 Å². The molecule has 0 fully saturated rings. The number of anilines is 1. The van der Waals surface area contributed by atoms with Crippen LogP contribution in [0.25, 0.3) is 11.0 Å². The summed E-state index contributed by atoms with van der Waals surface area (Å²) in [6.07, 6.45) is 0. The van der Waals surface area contributed by atoms with Crippen LogP contribution in [0.15, 0.2) is 69.9 Å². The molecule has 5 rings (SSSR count). The van der Waals surface area contributed by atoms with E-state index in [1.807, 2.05) is 45.0 Å². The van der Waals surface area contributed by atoms with Crippen LogP contribution in [-0.4, -0.2) is 5.91 Å². The van der Waals surface area contributed by atoms with Crippen LogP contribution in [0.5, 0.6) is 0 Å². The Kier molecular flexibility index (Phi) is 4.29. The van der Waals surface area contributed by atoms with Crippen molar-refractivity contribution in [2.45, 2.75) is 26.8 Å². The first-order valence-electron chi connectivity index (χ1n) is 10.1. The van der Waals surface area contributed by atoms with E-state index in [-0.39, 0.29) is 22.3 Å². The molecule has 0 bridgehead atoms. The van der Waals surface area contributed by atoms with Crippen LogP contribution in [-0.2, 0) is 0 Å². The van der Waals surface area contributed by atoms with Crippen LogP contribution >= 0.6 is 0 Å². The third-order valence-electron chi connectivity index (χ3n) is 5.99. The molecule has 0 spiro atoms. The Balaban J connectivity index is 1.85. The van der Waals surface area contributed by atoms with Crippen LogP contribution in [0.3, 0.4) is 0 Å². The van der Waals surface area contributed by atoms with Crippen molar-refractivity contribution in [3.63, 3.8) is 0 Å². The maximum absolute atomic E-state index is 14.9. The largest absolute Gasteiger partial charge is 0.450 e. The molecule has 5 heteroatoms. The highest BCUT2D eigenvalue weighted by molar-refractivity contribution is 6.10. The first-order chi connectivity index (χ1) is 14.9. The molecule has 4 nitrogen and oxygen atoms in total. The number of nitrogens with zero attached hydrogens (tertiary/aromatic N) is 1. The fourth-order valence-corrected chi connectivity index (χ4v) is 4.22. The summed E-state index contributed by atoms with van der Waals surface area (Å²) in [7, 11) is 0. The molecule has 0 saturated carbocycles. The molecule has 0 aliphatic carbocycles. The lowest BCUT2D eigenvalue weighted by Gasteiger charge is -2.26. The van der Waals surface area contributed by atoms with Gasteiger partial charge in [0, 0.05) is 11.3 Å². The molecule has 0 N–H and O–H groups in total. The number of amides is 1. The highest BCUT2D eigenvalue weighted by atomic mass is 19.1. The summed E-state index contributed by atoms with van der Waals surface area (Å²) in [6, 6.07) is 16.2. The molecule has 0 saturated heterocycles. The first kappa shape index (κ1) is 19.2. The summed E-state index contributed by atoms with van der Waals surface area (Å²) in [6.45, 7) is 5.81. The van der Waals surface area contributed by atoms with Crippen molar-refractivity contribution in [3.8, 4) is 0 Å². The Hall–Kier alpha value is -3.73. The number of carbonyl (C=O) groups is 1. The maximum Gasteiger partial charge on any atom is 0.295 e. The third kappa shape index (κ3) is 2.88. The van der Waals surface area contributed by atoms with Crippen molar-refractivity contribution in [2.75, 3.05) is 4.90 Å². The maximum atomic E-state index is 14.9. The van der Waals surface area contributed by atoms with Crippen molar-refractivity contribution in [2.24, 2.45) is 0 Å². The van der Waals surface area contributed by atoms with Crippen LogP contribution < -0.4 is 10.3 Å². The van der Waals surface area contributed by atoms with Gasteiger partial charge in [-0.1, -0.05) is 35.9 Å². The molecule has 4 aromatic rings. The zero-order chi connectivity index (χ0) is 21.9. The van der Waals surface area contributed by atoms with E-state index in [4.69, 9.17) is 4.42 Å². The second kappa shape index (κ2) is 6.91. The molecule has 1 aliphatic heterocycles. The molecule has 0 radical (unpaired) electrons. The minimum absolute atomic E-state index is 0.0344. The Bertz CT molecular complexity index is 1440. The summed E-state index contributed by atoms with van der Waals surface area (Å²) < 4.78 is 20.9. The van der Waals surface area contributed by atoms with Crippen LogP contribution in [0.2, 0.25) is 0 Å². The van der Waals surface area contributed by atoms with E-state index in [2.05, 4.69) is 0 Å². The number of halogens is 1. The van der Waals surface area contributed by atoms with Crippen LogP contribution in [0.4, 0.5) is 10.1 Å². The van der Waals surface area contributed by atoms with Gasteiger partial charge < -0.3 is 4.42 Å². The molecule has 154 valence electrons. The Morgan fingerprint density at radius 2 is 1.68 bits per heavy atom. The SMILES string of the molecule is Cc1ccc2oc3c(c(=O)c2c1)C(c1ccccc1F)N(c1ccc(C)c(C)c1)C3=O. The third-order valence-corrected chi connectivity index (χ3v) is 5.99. The summed E-state index contributed by atoms with van der Waals surface area (Å²) in [5.74, 6) is -0.968. The molecule has 3 aromatic carbocycles. The topological polar surface area (TPSA) is 50.5 Å². The monoisotopic (exact) mass is 413 g/mol. The molecule has 1 aliphatic rings. The van der Waals surface area contributed by atoms with Crippen molar-refractivity contribution < 1.29 is 13.6 Å². The van der Waals surface area contributed by atoms with Gasteiger partial charge in [0.1, 0.15) is 11.4 Å². The second-order valence-corrected chi connectivity index (χ2v) is 8.04. The summed E-state index contributed by atoms with van der Waals surface area (Å²) >= 11 is 0. The number of fused-ring (bicyclic) bond motifs is 2. The van der Waals surface area contributed by atoms with Crippen molar-refractivity contribution >= 4 is 22.6 Å². The van der Waals surface area contributed by atoms with Gasteiger partial charge in [-0.3, -0.25) is 14.5 Å². The Morgan fingerprint density at radius 1 is 0.903 bits per heavy atom. The van der Waals surface area contributed by atoms with Gasteiger partial charge in [-0.15, -0.1) is 0 Å². The Labute approximate surface area is 178 Å². The van der Waals surface area contributed by atoms with E-state index in [9.17, 15) is 14.0 Å². The van der Waals surface area contributed by atoms with Gasteiger partial charge in [0.2, 0.25) is 5.76 Å². The zero-order valence-electron chi connectivity index (χ0n) is 17.4. The number of aryl methyl sites for hydroxylation is 3. The number of rotatable bonds is 2. The summed E-state index contributed by atoms with van der Waals surface area (Å²) in [5.41, 5.74) is 4.02. The molecular formula is C26H20FNO3. The van der Waals surface area contributed by atoms with Gasteiger partial charge in [0.25, 0.3) is 5.91 Å². The molecule has 1 aromatic heterocycles. The van der Waals surface area contributed by atoms with Crippen LogP contribution in [0.1, 0.15) is 44.4 Å². The van der Waals surface area contributed by atoms with E-state index >= 15 is 0 Å². The number of carbonyl (C=O) groups excluding carboxylic acids is 1. The molecular weight excluding hydrogens is 393 g/mol. The van der Waals surface area contributed by atoms with E-state index in [0.717, 1.165) is 16.7 Å². The van der Waals surface area contributed by atoms with Gasteiger partial charge in [-0.05, 0) is 62.2 Å². The summed E-state index contributed by atoms with van der Waals surface area (Å²) in [4.78, 5) is 28.5. The van der Waals surface area contributed by atoms with Crippen molar-refractivity contribution in [1.29, 1.82) is 0 Å². The number of hydrogen-bond donors (Lipinski definition) is 0. The minimum atomic E-state index is -0.910. The van der Waals surface area contributed by atoms with Gasteiger partial charge in [-0.25, -0.2) is 4.39 Å². The average Bonchev–Trinajstić information content (AvgIpc) is 3.04. The Morgan fingerprint density at radius 3 is 2.42 bits per heavy atom. The van der Waals surface area contributed by atoms with E-state index in [1.54, 1.807) is 30.3 Å². The molecule has 1 amide bonds. The predicted molar refractivity (Wildman–Crippen MR) is 118 cm³/mol. The summed E-state index contributed by atoms with van der Waals surface area (Å²) in [5, 5.41) is 0.384. The van der Waals surface area contributed by atoms with Crippen LogP contribution in [0, 0.1) is 26.6 Å². The minimum Gasteiger partial charge on any atom is -0.450 e. The van der Waals surface area contributed by atoms with Crippen molar-refractivity contribution in [3.05, 3.63) is 110 Å². The van der Waals surface area contributed by atoms with E-state index < -0.39 is 17.8 Å². The standard InChI is InChI=1S/C26H20FNO3/c1-14-8-11-21-19(12-14)24(29)22-23(18-6-4-5-7-20(18)27)28(26(30)25(22)31-21)17-10-9-15(2)16(3)13-17/h4-13,23H,1-3H3. The average molecular weight is 413 g/mol. The lowest BCUT2D eigenvalue weighted by atomic mass is 9.97. The first-order valence-corrected chi connectivity index (χ1v) is 10.1. The van der Waals surface area contributed by atoms with Gasteiger partial charge in [0.05, 0.1) is 17.0 Å². The highest BCUT2D eigenvalue weighted by Gasteiger charge is 2.44. The van der Waals surface area contributed by atoms with E-state index in [1.165, 1.54) is 11.0 Å². The van der Waals surface area contributed by atoms with Gasteiger partial charge in [-0.2, -0.15) is 0 Å². The number of benzene rings is 3. The lowest BCUT2D eigenvalue weighted by Crippen LogP contribution is -2.30. The highest BCUT2D eigenvalue weighted by Crippen LogP contribution is 2.42. The molecule has 1 unspecified atom stereocenters. The van der Waals surface area contributed by atoms with Gasteiger partial charge in [0.15, 0.2) is 5.43 Å². The fraction of sp³-hybridized carbons (Fsp3) is 0.154. The molecule has 31 heavy (non-hydrogen) atoms. The van der Waals surface area contributed by atoms with E-state index in [0.29, 0.717) is 16.7 Å². The normalized spacial score (nSPS) is 15.5. The number of hydrogen-bond acceptors (Lipinski definition) is 3. The second-order valence-electron chi connectivity index (χ2n) is 8.04. The zero-order valence-corrected chi connectivity index (χ0v) is 17.4. The predicted octanol–water partition coefficient (Wildman–Crippen LogP) is 5.61. The quantitative estimate of drug-likeness (QED) is 0.429. The fourth-order valence-electron chi connectivity index (χ4n) is 4.22. The molecule has 1 atom stereocenters. The molecule has 2 heterocycles.